The van der Waals surface area contributed by atoms with Crippen molar-refractivity contribution in [3.8, 4) is 0 Å². The monoisotopic (exact) mass is 249 g/mol. The zero-order chi connectivity index (χ0) is 13.2. The van der Waals surface area contributed by atoms with Crippen molar-refractivity contribution in [3.63, 3.8) is 0 Å². The highest BCUT2D eigenvalue weighted by Crippen LogP contribution is 2.26. The van der Waals surface area contributed by atoms with Crippen LogP contribution in [0.1, 0.15) is 30.1 Å². The van der Waals surface area contributed by atoms with Crippen LogP contribution < -0.4 is 16.8 Å². The van der Waals surface area contributed by atoms with Crippen LogP contribution >= 0.6 is 0 Å². The van der Waals surface area contributed by atoms with Crippen molar-refractivity contribution in [1.29, 1.82) is 0 Å². The summed E-state index contributed by atoms with van der Waals surface area (Å²) in [6.45, 7) is 3.57. The number of ether oxygens (including phenoxy) is 1. The summed E-state index contributed by atoms with van der Waals surface area (Å²) in [4.78, 5) is 11.2. The Balaban J connectivity index is 2.18. The Morgan fingerprint density at radius 2 is 2.28 bits per heavy atom. The minimum Gasteiger partial charge on any atom is -0.398 e. The lowest BCUT2D eigenvalue weighted by molar-refractivity contribution is 0.0540. The number of anilines is 2. The molecule has 98 valence electrons. The molecule has 0 saturated carbocycles. The summed E-state index contributed by atoms with van der Waals surface area (Å²) in [6.07, 6.45) is 2.06. The molecule has 1 unspecified atom stereocenters. The summed E-state index contributed by atoms with van der Waals surface area (Å²) >= 11 is 0. The first-order chi connectivity index (χ1) is 8.50. The molecule has 0 radical (unpaired) electrons. The molecule has 5 nitrogen and oxygen atoms in total. The second-order valence-corrected chi connectivity index (χ2v) is 5.01. The number of carbonyl (C=O) groups is 1. The van der Waals surface area contributed by atoms with E-state index in [0.717, 1.165) is 25.1 Å². The summed E-state index contributed by atoms with van der Waals surface area (Å²) in [5, 5.41) is 3.39. The molecular weight excluding hydrogens is 230 g/mol. The van der Waals surface area contributed by atoms with Crippen molar-refractivity contribution in [2.24, 2.45) is 5.73 Å². The van der Waals surface area contributed by atoms with Gasteiger partial charge in [-0.25, -0.2) is 0 Å². The molecule has 1 atom stereocenters. The lowest BCUT2D eigenvalue weighted by Crippen LogP contribution is -2.43. The van der Waals surface area contributed by atoms with E-state index < -0.39 is 5.91 Å². The molecule has 1 aromatic rings. The topological polar surface area (TPSA) is 90.4 Å². The minimum atomic E-state index is -0.513. The van der Waals surface area contributed by atoms with Crippen LogP contribution in [0.4, 0.5) is 11.4 Å². The fraction of sp³-hybridized carbons (Fsp3) is 0.462. The van der Waals surface area contributed by atoms with Gasteiger partial charge in [-0.2, -0.15) is 0 Å². The van der Waals surface area contributed by atoms with E-state index in [1.165, 1.54) is 0 Å². The summed E-state index contributed by atoms with van der Waals surface area (Å²) in [5.41, 5.74) is 12.5. The molecule has 1 aromatic carbocycles. The highest BCUT2D eigenvalue weighted by atomic mass is 16.5. The van der Waals surface area contributed by atoms with E-state index in [1.54, 1.807) is 12.1 Å². The van der Waals surface area contributed by atoms with Crippen molar-refractivity contribution in [3.05, 3.63) is 23.8 Å². The number of carbonyl (C=O) groups excluding carboxylic acids is 1. The molecule has 1 aliphatic rings. The molecule has 1 heterocycles. The number of hydrogen-bond donors (Lipinski definition) is 3. The van der Waals surface area contributed by atoms with Crippen LogP contribution in [-0.4, -0.2) is 24.7 Å². The van der Waals surface area contributed by atoms with Gasteiger partial charge in [0.1, 0.15) is 0 Å². The maximum Gasteiger partial charge on any atom is 0.250 e. The van der Waals surface area contributed by atoms with E-state index in [2.05, 4.69) is 12.2 Å². The summed E-state index contributed by atoms with van der Waals surface area (Å²) in [6, 6.07) is 5.23. The average Bonchev–Trinajstić information content (AvgIpc) is 2.32. The number of rotatable bonds is 3. The molecule has 1 aliphatic heterocycles. The van der Waals surface area contributed by atoms with Gasteiger partial charge in [-0.05, 0) is 38.0 Å². The average molecular weight is 249 g/mol. The molecule has 2 rings (SSSR count). The van der Waals surface area contributed by atoms with Crippen molar-refractivity contribution in [2.45, 2.75) is 25.3 Å². The Morgan fingerprint density at radius 3 is 2.89 bits per heavy atom. The fourth-order valence-electron chi connectivity index (χ4n) is 2.23. The van der Waals surface area contributed by atoms with Gasteiger partial charge in [0.25, 0.3) is 5.91 Å². The number of nitrogen functional groups attached to an aromatic ring is 1. The number of nitrogens with two attached hydrogens (primary N) is 2. The molecule has 0 bridgehead atoms. The lowest BCUT2D eigenvalue weighted by atomic mass is 9.94. The predicted molar refractivity (Wildman–Crippen MR) is 71.5 cm³/mol. The van der Waals surface area contributed by atoms with E-state index in [0.29, 0.717) is 17.9 Å². The molecule has 5 N–H and O–H groups in total. The maximum absolute atomic E-state index is 11.2. The first kappa shape index (κ1) is 12.7. The Morgan fingerprint density at radius 1 is 1.50 bits per heavy atom. The number of primary amides is 1. The predicted octanol–water partition coefficient (Wildman–Crippen LogP) is 1.35. The molecule has 1 saturated heterocycles. The van der Waals surface area contributed by atoms with Crippen LogP contribution in [0.25, 0.3) is 0 Å². The normalized spacial score (nSPS) is 23.6. The second kappa shape index (κ2) is 4.86. The zero-order valence-electron chi connectivity index (χ0n) is 10.5. The zero-order valence-corrected chi connectivity index (χ0v) is 10.5. The third kappa shape index (κ3) is 2.73. The molecule has 18 heavy (non-hydrogen) atoms. The van der Waals surface area contributed by atoms with Crippen LogP contribution in [0.2, 0.25) is 0 Å². The number of amides is 1. The van der Waals surface area contributed by atoms with Crippen molar-refractivity contribution >= 4 is 17.3 Å². The van der Waals surface area contributed by atoms with Crippen molar-refractivity contribution in [1.82, 2.24) is 0 Å². The highest BCUT2D eigenvalue weighted by molar-refractivity contribution is 5.98. The molecule has 0 spiro atoms. The van der Waals surface area contributed by atoms with Gasteiger partial charge >= 0.3 is 0 Å². The Hall–Kier alpha value is -1.75. The third-order valence-corrected chi connectivity index (χ3v) is 3.20. The van der Waals surface area contributed by atoms with Gasteiger partial charge in [-0.3, -0.25) is 4.79 Å². The quantitative estimate of drug-likeness (QED) is 0.705. The van der Waals surface area contributed by atoms with Gasteiger partial charge in [-0.15, -0.1) is 0 Å². The Labute approximate surface area is 106 Å². The lowest BCUT2D eigenvalue weighted by Gasteiger charge is -2.35. The summed E-state index contributed by atoms with van der Waals surface area (Å²) < 4.78 is 5.48. The number of benzene rings is 1. The third-order valence-electron chi connectivity index (χ3n) is 3.20. The fourth-order valence-corrected chi connectivity index (χ4v) is 2.23. The first-order valence-corrected chi connectivity index (χ1v) is 6.05. The summed E-state index contributed by atoms with van der Waals surface area (Å²) in [7, 11) is 0. The van der Waals surface area contributed by atoms with Gasteiger partial charge in [0.2, 0.25) is 0 Å². The second-order valence-electron chi connectivity index (χ2n) is 5.01. The largest absolute Gasteiger partial charge is 0.398 e. The van der Waals surface area contributed by atoms with Gasteiger partial charge in [0.15, 0.2) is 0 Å². The molecule has 1 amide bonds. The number of nitrogens with one attached hydrogen (secondary N) is 1. The van der Waals surface area contributed by atoms with Crippen LogP contribution in [0.5, 0.6) is 0 Å². The van der Waals surface area contributed by atoms with E-state index in [-0.39, 0.29) is 5.54 Å². The molecule has 0 aliphatic carbocycles. The minimum absolute atomic E-state index is 0.108. The van der Waals surface area contributed by atoms with Gasteiger partial charge in [0.05, 0.1) is 17.7 Å². The Bertz CT molecular complexity index is 454. The first-order valence-electron chi connectivity index (χ1n) is 6.05. The molecule has 1 fully saturated rings. The smallest absolute Gasteiger partial charge is 0.250 e. The molecule has 5 heteroatoms. The SMILES string of the molecule is CC1(Nc2ccc(N)c(C(N)=O)c2)CCCOC1. The van der Waals surface area contributed by atoms with Gasteiger partial charge < -0.3 is 21.5 Å². The van der Waals surface area contributed by atoms with Crippen LogP contribution in [0.15, 0.2) is 18.2 Å². The van der Waals surface area contributed by atoms with E-state index in [9.17, 15) is 4.79 Å². The van der Waals surface area contributed by atoms with Crippen molar-refractivity contribution < 1.29 is 9.53 Å². The summed E-state index contributed by atoms with van der Waals surface area (Å²) in [5.74, 6) is -0.513. The standard InChI is InChI=1S/C13H19N3O2/c1-13(5-2-6-18-8-13)16-9-3-4-11(14)10(7-9)12(15)17/h3-4,7,16H,2,5-6,8,14H2,1H3,(H2,15,17). The van der Waals surface area contributed by atoms with Gasteiger partial charge in [-0.1, -0.05) is 0 Å². The van der Waals surface area contributed by atoms with Crippen LogP contribution in [-0.2, 0) is 4.74 Å². The maximum atomic E-state index is 11.2. The van der Waals surface area contributed by atoms with E-state index in [1.807, 2.05) is 6.07 Å². The molecular formula is C13H19N3O2. The van der Waals surface area contributed by atoms with Crippen molar-refractivity contribution in [2.75, 3.05) is 24.3 Å². The Kier molecular flexibility index (Phi) is 3.43. The highest BCUT2D eigenvalue weighted by Gasteiger charge is 2.27. The van der Waals surface area contributed by atoms with Crippen LogP contribution in [0, 0.1) is 0 Å². The van der Waals surface area contributed by atoms with Gasteiger partial charge in [0, 0.05) is 18.0 Å². The number of hydrogen-bond acceptors (Lipinski definition) is 4. The van der Waals surface area contributed by atoms with E-state index >= 15 is 0 Å². The van der Waals surface area contributed by atoms with E-state index in [4.69, 9.17) is 16.2 Å². The van der Waals surface area contributed by atoms with Crippen LogP contribution in [0.3, 0.4) is 0 Å². The molecule has 0 aromatic heterocycles.